The molecule has 1 saturated carbocycles. The van der Waals surface area contributed by atoms with Crippen LogP contribution in [0.1, 0.15) is 37.4 Å². The molecule has 1 aliphatic carbocycles. The second-order valence-corrected chi connectivity index (χ2v) is 5.46. The molecule has 0 amide bonds. The van der Waals surface area contributed by atoms with Crippen LogP contribution in [0.15, 0.2) is 18.2 Å². The van der Waals surface area contributed by atoms with Gasteiger partial charge in [-0.3, -0.25) is 0 Å². The fraction of sp³-hybridized carbons (Fsp3) is 0.600. The Balaban J connectivity index is 2.07. The van der Waals surface area contributed by atoms with Crippen molar-refractivity contribution >= 4 is 0 Å². The van der Waals surface area contributed by atoms with Gasteiger partial charge in [0.05, 0.1) is 19.1 Å². The van der Waals surface area contributed by atoms with Crippen molar-refractivity contribution in [2.24, 2.45) is 11.8 Å². The fourth-order valence-corrected chi connectivity index (χ4v) is 2.93. The van der Waals surface area contributed by atoms with E-state index in [0.717, 1.165) is 0 Å². The van der Waals surface area contributed by atoms with Crippen molar-refractivity contribution < 1.29 is 27.4 Å². The van der Waals surface area contributed by atoms with Crippen LogP contribution in [0, 0.1) is 17.7 Å². The van der Waals surface area contributed by atoms with Crippen LogP contribution in [0.25, 0.3) is 0 Å². The number of aliphatic hydroxyl groups is 1. The summed E-state index contributed by atoms with van der Waals surface area (Å²) in [5.41, 5.74) is 0.0878. The fourth-order valence-electron chi connectivity index (χ4n) is 2.93. The second-order valence-electron chi connectivity index (χ2n) is 5.46. The maximum absolute atomic E-state index is 14.1. The van der Waals surface area contributed by atoms with Crippen LogP contribution in [0.5, 0.6) is 5.75 Å². The van der Waals surface area contributed by atoms with E-state index in [2.05, 4.69) is 0 Å². The third kappa shape index (κ3) is 3.48. The van der Waals surface area contributed by atoms with Crippen LogP contribution in [0.2, 0.25) is 0 Å². The number of hydrogen-bond donors (Lipinski definition) is 1. The molecule has 0 aromatic heterocycles. The minimum atomic E-state index is -4.18. The van der Waals surface area contributed by atoms with E-state index in [0.29, 0.717) is 0 Å². The topological polar surface area (TPSA) is 29.5 Å². The summed E-state index contributed by atoms with van der Waals surface area (Å²) >= 11 is 0. The molecule has 0 bridgehead atoms. The van der Waals surface area contributed by atoms with E-state index in [1.54, 1.807) is 6.07 Å². The first kappa shape index (κ1) is 16.1. The van der Waals surface area contributed by atoms with E-state index in [-0.39, 0.29) is 42.9 Å². The number of hydrogen-bond acceptors (Lipinski definition) is 2. The standard InChI is InChI=1S/C15H18F4O2/c1-21-12-4-2-3-11(13(12)16)14(20)9-5-7-10(8-6-9)15(17,18)19/h2-4,9-10,14,20H,5-8H2,1H3. The molecule has 0 saturated heterocycles. The summed E-state index contributed by atoms with van der Waals surface area (Å²) in [6.45, 7) is 0. The molecule has 2 rings (SSSR count). The number of ether oxygens (including phenoxy) is 1. The quantitative estimate of drug-likeness (QED) is 0.847. The van der Waals surface area contributed by atoms with Gasteiger partial charge in [-0.15, -0.1) is 0 Å². The summed E-state index contributed by atoms with van der Waals surface area (Å²) in [5.74, 6) is -2.29. The molecule has 2 nitrogen and oxygen atoms in total. The Morgan fingerprint density at radius 3 is 2.33 bits per heavy atom. The van der Waals surface area contributed by atoms with Gasteiger partial charge in [0.1, 0.15) is 0 Å². The summed E-state index contributed by atoms with van der Waals surface area (Å²) in [4.78, 5) is 0. The van der Waals surface area contributed by atoms with Gasteiger partial charge < -0.3 is 9.84 Å². The first-order chi connectivity index (χ1) is 9.84. The summed E-state index contributed by atoms with van der Waals surface area (Å²) < 4.78 is 56.8. The van der Waals surface area contributed by atoms with Gasteiger partial charge in [-0.2, -0.15) is 13.2 Å². The lowest BCUT2D eigenvalue weighted by molar-refractivity contribution is -0.185. The van der Waals surface area contributed by atoms with Crippen LogP contribution >= 0.6 is 0 Å². The zero-order chi connectivity index (χ0) is 15.6. The van der Waals surface area contributed by atoms with E-state index in [1.165, 1.54) is 19.2 Å². The Labute approximate surface area is 120 Å². The molecule has 0 spiro atoms. The molecule has 1 aromatic carbocycles. The number of benzene rings is 1. The third-order valence-corrected chi connectivity index (χ3v) is 4.21. The smallest absolute Gasteiger partial charge is 0.391 e. The number of aliphatic hydroxyl groups excluding tert-OH is 1. The van der Waals surface area contributed by atoms with Gasteiger partial charge in [0.25, 0.3) is 0 Å². The Morgan fingerprint density at radius 1 is 1.19 bits per heavy atom. The van der Waals surface area contributed by atoms with Crippen molar-refractivity contribution in [2.75, 3.05) is 7.11 Å². The maximum atomic E-state index is 14.1. The minimum Gasteiger partial charge on any atom is -0.494 e. The highest BCUT2D eigenvalue weighted by Gasteiger charge is 2.42. The minimum absolute atomic E-state index is 0.0170. The summed E-state index contributed by atoms with van der Waals surface area (Å²) in [5, 5.41) is 10.3. The zero-order valence-corrected chi connectivity index (χ0v) is 11.7. The highest BCUT2D eigenvalue weighted by atomic mass is 19.4. The summed E-state index contributed by atoms with van der Waals surface area (Å²) in [6.07, 6.45) is -4.84. The lowest BCUT2D eigenvalue weighted by atomic mass is 9.77. The van der Waals surface area contributed by atoms with Gasteiger partial charge in [0.15, 0.2) is 11.6 Å². The molecule has 118 valence electrons. The van der Waals surface area contributed by atoms with Crippen molar-refractivity contribution in [2.45, 2.75) is 38.0 Å². The van der Waals surface area contributed by atoms with Gasteiger partial charge in [0.2, 0.25) is 0 Å². The van der Waals surface area contributed by atoms with E-state index >= 15 is 0 Å². The molecule has 1 aliphatic rings. The lowest BCUT2D eigenvalue weighted by Crippen LogP contribution is -2.29. The normalized spacial score (nSPS) is 24.7. The molecule has 1 aromatic rings. The zero-order valence-electron chi connectivity index (χ0n) is 11.7. The van der Waals surface area contributed by atoms with E-state index in [1.807, 2.05) is 0 Å². The average Bonchev–Trinajstić information content (AvgIpc) is 2.46. The van der Waals surface area contributed by atoms with Crippen molar-refractivity contribution in [1.82, 2.24) is 0 Å². The maximum Gasteiger partial charge on any atom is 0.391 e. The van der Waals surface area contributed by atoms with Crippen LogP contribution in [0.4, 0.5) is 17.6 Å². The predicted molar refractivity (Wildman–Crippen MR) is 69.4 cm³/mol. The Kier molecular flexibility index (Phi) is 4.76. The second kappa shape index (κ2) is 6.22. The van der Waals surface area contributed by atoms with Crippen molar-refractivity contribution in [3.05, 3.63) is 29.6 Å². The van der Waals surface area contributed by atoms with Crippen molar-refractivity contribution in [3.8, 4) is 5.75 Å². The molecule has 1 fully saturated rings. The van der Waals surface area contributed by atoms with Crippen molar-refractivity contribution in [1.29, 1.82) is 0 Å². The third-order valence-electron chi connectivity index (χ3n) is 4.21. The molecule has 1 atom stereocenters. The Bertz CT molecular complexity index is 479. The molecule has 0 heterocycles. The predicted octanol–water partition coefficient (Wildman–Crippen LogP) is 4.24. The summed E-state index contributed by atoms with van der Waals surface area (Å²) in [6, 6.07) is 4.44. The van der Waals surface area contributed by atoms with Crippen LogP contribution in [-0.2, 0) is 0 Å². The first-order valence-corrected chi connectivity index (χ1v) is 6.91. The van der Waals surface area contributed by atoms with Crippen LogP contribution in [-0.4, -0.2) is 18.4 Å². The molecule has 6 heteroatoms. The molecule has 21 heavy (non-hydrogen) atoms. The molecule has 0 aliphatic heterocycles. The van der Waals surface area contributed by atoms with Gasteiger partial charge in [-0.1, -0.05) is 12.1 Å². The number of methoxy groups -OCH3 is 1. The Hall–Kier alpha value is -1.30. The van der Waals surface area contributed by atoms with E-state index in [4.69, 9.17) is 4.74 Å². The SMILES string of the molecule is COc1cccc(C(O)C2CCC(C(F)(F)F)CC2)c1F. The van der Waals surface area contributed by atoms with E-state index in [9.17, 15) is 22.7 Å². The lowest BCUT2D eigenvalue weighted by Gasteiger charge is -2.32. The monoisotopic (exact) mass is 306 g/mol. The highest BCUT2D eigenvalue weighted by molar-refractivity contribution is 5.32. The molecule has 1 unspecified atom stereocenters. The molecule has 1 N–H and O–H groups in total. The number of halogens is 4. The number of alkyl halides is 3. The van der Waals surface area contributed by atoms with E-state index < -0.39 is 24.0 Å². The first-order valence-electron chi connectivity index (χ1n) is 6.91. The van der Waals surface area contributed by atoms with Gasteiger partial charge >= 0.3 is 6.18 Å². The van der Waals surface area contributed by atoms with Crippen LogP contribution < -0.4 is 4.74 Å². The van der Waals surface area contributed by atoms with Crippen LogP contribution in [0.3, 0.4) is 0 Å². The number of rotatable bonds is 3. The largest absolute Gasteiger partial charge is 0.494 e. The van der Waals surface area contributed by atoms with Gasteiger partial charge in [0, 0.05) is 5.56 Å². The molecule has 0 radical (unpaired) electrons. The highest BCUT2D eigenvalue weighted by Crippen LogP contribution is 2.43. The average molecular weight is 306 g/mol. The Morgan fingerprint density at radius 2 is 1.81 bits per heavy atom. The molecular formula is C15H18F4O2. The van der Waals surface area contributed by atoms with Gasteiger partial charge in [-0.05, 0) is 37.7 Å². The summed E-state index contributed by atoms with van der Waals surface area (Å²) in [7, 11) is 1.32. The molecular weight excluding hydrogens is 288 g/mol. The van der Waals surface area contributed by atoms with Gasteiger partial charge in [-0.25, -0.2) is 4.39 Å². The van der Waals surface area contributed by atoms with Crippen molar-refractivity contribution in [3.63, 3.8) is 0 Å².